The average Bonchev–Trinajstić information content (AvgIpc) is 0.674. The molecule has 0 aromatic heterocycles. The molecule has 700 valence electrons. The number of fused-ring (bicyclic) bond motifs is 12. The van der Waals surface area contributed by atoms with Crippen LogP contribution in [0.2, 0.25) is 0 Å². The summed E-state index contributed by atoms with van der Waals surface area (Å²) in [7, 11) is 0. The second-order valence-corrected chi connectivity index (χ2v) is 44.9. The number of aryl methyl sites for hydroxylation is 20. The van der Waals surface area contributed by atoms with Crippen LogP contribution in [0.25, 0.3) is 0 Å². The van der Waals surface area contributed by atoms with Gasteiger partial charge >= 0.3 is 0 Å². The van der Waals surface area contributed by atoms with Crippen LogP contribution in [0.15, 0.2) is 279 Å². The van der Waals surface area contributed by atoms with Gasteiger partial charge in [0.1, 0.15) is 23.0 Å². The molecular formula is C130H124B3N7O2. The molecule has 6 aliphatic rings. The summed E-state index contributed by atoms with van der Waals surface area (Å²) < 4.78 is 15.7. The van der Waals surface area contributed by atoms with E-state index in [4.69, 9.17) is 9.47 Å². The van der Waals surface area contributed by atoms with Gasteiger partial charge in [-0.2, -0.15) is 0 Å². The molecule has 6 aliphatic heterocycles. The molecule has 0 unspecified atom stereocenters. The first-order valence-corrected chi connectivity index (χ1v) is 50.7. The Morgan fingerprint density at radius 2 is 0.366 bits per heavy atom. The lowest BCUT2D eigenvalue weighted by Gasteiger charge is -2.48. The van der Waals surface area contributed by atoms with E-state index in [-0.39, 0.29) is 24.3 Å². The van der Waals surface area contributed by atoms with Crippen molar-refractivity contribution in [1.29, 1.82) is 0 Å². The molecule has 0 aliphatic carbocycles. The quantitative estimate of drug-likeness (QED) is 0.105. The predicted octanol–water partition coefficient (Wildman–Crippen LogP) is 29.8. The summed E-state index contributed by atoms with van der Waals surface area (Å²) in [5.41, 5.74) is 58.8. The molecular weight excluding hydrogens is 1720 g/mol. The second-order valence-electron chi connectivity index (χ2n) is 44.9. The molecule has 23 rings (SSSR count). The first kappa shape index (κ1) is 90.9. The SMILES string of the molecule is Cc1cc(C)cc(N(c2cc(C)cc(C)c2)c2cc3c4c(c2)N(c2cc(C)cc(C)c2)c2cc5c(cc2B4c2cc(C(C)(C)C)ccc2O3)B2c3cc4c(cc3N(c3cc(C)cc(C)c3)c3cc(N(c6cc(C)cc(C)c6)c6cc(C)cc(C)c6)cc(c32)N5c2cc(C)cc(C)c2)N(c2cc(C)cc(C)c2)c2cc(N(c3cc(C)cc(C)c3)c3cc(C)cc(C)c3)cc3c2B4c2cc(C(C)(C)C)ccc2O3)c1. The molecule has 0 spiro atoms. The van der Waals surface area contributed by atoms with Gasteiger partial charge in [0, 0.05) is 115 Å². The summed E-state index contributed by atoms with van der Waals surface area (Å²) in [5.74, 6) is 3.36. The first-order chi connectivity index (χ1) is 67.7. The van der Waals surface area contributed by atoms with Gasteiger partial charge in [0.05, 0.1) is 17.1 Å². The van der Waals surface area contributed by atoms with Crippen molar-refractivity contribution in [2.75, 3.05) is 34.3 Å². The molecule has 0 saturated carbocycles. The summed E-state index contributed by atoms with van der Waals surface area (Å²) in [6.07, 6.45) is 0. The Morgan fingerprint density at radius 1 is 0.176 bits per heavy atom. The maximum atomic E-state index is 7.86. The lowest BCUT2D eigenvalue weighted by Crippen LogP contribution is -2.66. The van der Waals surface area contributed by atoms with Crippen molar-refractivity contribution in [2.24, 2.45) is 0 Å². The fraction of sp³-hybridized carbons (Fsp3) is 0.215. The van der Waals surface area contributed by atoms with Gasteiger partial charge in [-0.25, -0.2) is 0 Å². The molecule has 17 aromatic rings. The smallest absolute Gasteiger partial charge is 0.256 e. The number of hydrogen-bond donors (Lipinski definition) is 0. The fourth-order valence-corrected chi connectivity index (χ4v) is 25.0. The van der Waals surface area contributed by atoms with E-state index in [1.165, 1.54) is 150 Å². The first-order valence-electron chi connectivity index (χ1n) is 50.7. The summed E-state index contributed by atoms with van der Waals surface area (Å²) in [6.45, 7) is 58.0. The van der Waals surface area contributed by atoms with Crippen molar-refractivity contribution in [3.8, 4) is 23.0 Å². The van der Waals surface area contributed by atoms with Gasteiger partial charge in [-0.1, -0.05) is 139 Å². The highest BCUT2D eigenvalue weighted by Crippen LogP contribution is 2.56. The summed E-state index contributed by atoms with van der Waals surface area (Å²) in [4.78, 5) is 18.2. The zero-order valence-corrected chi connectivity index (χ0v) is 87.2. The molecule has 9 nitrogen and oxygen atoms in total. The Morgan fingerprint density at radius 3 is 0.585 bits per heavy atom. The topological polar surface area (TPSA) is 41.1 Å². The lowest BCUT2D eigenvalue weighted by atomic mass is 9.29. The highest BCUT2D eigenvalue weighted by atomic mass is 16.5. The molecule has 0 N–H and O–H groups in total. The molecule has 0 atom stereocenters. The van der Waals surface area contributed by atoms with Gasteiger partial charge in [0.15, 0.2) is 0 Å². The maximum Gasteiger partial charge on any atom is 0.256 e. The highest BCUT2D eigenvalue weighted by molar-refractivity contribution is 7.04. The minimum atomic E-state index is -0.440. The number of hydrogen-bond acceptors (Lipinski definition) is 9. The molecule has 17 aromatic carbocycles. The summed E-state index contributed by atoms with van der Waals surface area (Å²) in [5, 5.41) is 0. The van der Waals surface area contributed by atoms with Gasteiger partial charge in [-0.15, -0.1) is 0 Å². The van der Waals surface area contributed by atoms with Crippen molar-refractivity contribution in [3.63, 3.8) is 0 Å². The van der Waals surface area contributed by atoms with Crippen LogP contribution < -0.4 is 92.9 Å². The molecule has 12 heteroatoms. The van der Waals surface area contributed by atoms with Gasteiger partial charge in [0.2, 0.25) is 0 Å². The van der Waals surface area contributed by atoms with Crippen molar-refractivity contribution in [3.05, 3.63) is 401 Å². The van der Waals surface area contributed by atoms with E-state index in [0.717, 1.165) is 164 Å². The Bertz CT molecular complexity index is 7510. The van der Waals surface area contributed by atoms with Crippen LogP contribution in [-0.2, 0) is 10.8 Å². The number of rotatable bonds is 13. The minimum absolute atomic E-state index is 0.221. The molecule has 0 saturated heterocycles. The van der Waals surface area contributed by atoms with Crippen LogP contribution >= 0.6 is 0 Å². The van der Waals surface area contributed by atoms with Crippen LogP contribution in [0.1, 0.15) is 164 Å². The normalized spacial score (nSPS) is 13.3. The minimum Gasteiger partial charge on any atom is -0.458 e. The third-order valence-electron chi connectivity index (χ3n) is 30.0. The number of nitrogens with zero attached hydrogens (tertiary/aromatic N) is 7. The monoisotopic (exact) mass is 1850 g/mol. The van der Waals surface area contributed by atoms with Crippen molar-refractivity contribution >= 4 is 189 Å². The van der Waals surface area contributed by atoms with Crippen LogP contribution in [0.4, 0.5) is 119 Å². The highest BCUT2D eigenvalue weighted by Gasteiger charge is 2.52. The second kappa shape index (κ2) is 33.4. The summed E-state index contributed by atoms with van der Waals surface area (Å²) >= 11 is 0. The van der Waals surface area contributed by atoms with Crippen LogP contribution in [-0.4, -0.2) is 20.1 Å². The number of ether oxygens (including phenoxy) is 2. The van der Waals surface area contributed by atoms with Gasteiger partial charge in [-0.05, 0) is 491 Å². The Hall–Kier alpha value is -14.9. The Balaban J connectivity index is 0.897. The third-order valence-corrected chi connectivity index (χ3v) is 30.0. The van der Waals surface area contributed by atoms with E-state index < -0.39 is 6.71 Å². The van der Waals surface area contributed by atoms with Gasteiger partial charge in [-0.3, -0.25) is 0 Å². The van der Waals surface area contributed by atoms with E-state index in [2.05, 4.69) is 493 Å². The zero-order valence-electron chi connectivity index (χ0n) is 87.2. The van der Waals surface area contributed by atoms with E-state index in [9.17, 15) is 0 Å². The Labute approximate surface area is 842 Å². The fourth-order valence-electron chi connectivity index (χ4n) is 25.0. The zero-order chi connectivity index (χ0) is 99.0. The number of benzene rings is 17. The maximum absolute atomic E-state index is 7.86. The van der Waals surface area contributed by atoms with Crippen molar-refractivity contribution < 1.29 is 9.47 Å². The van der Waals surface area contributed by atoms with Gasteiger partial charge < -0.3 is 43.8 Å². The largest absolute Gasteiger partial charge is 0.458 e. The van der Waals surface area contributed by atoms with Crippen molar-refractivity contribution in [2.45, 2.75) is 191 Å². The average molecular weight is 1850 g/mol. The molecule has 0 bridgehead atoms. The van der Waals surface area contributed by atoms with Crippen LogP contribution in [0, 0.1) is 138 Å². The summed E-state index contributed by atoms with van der Waals surface area (Å²) in [6, 6.07) is 111. The van der Waals surface area contributed by atoms with Gasteiger partial charge in [0.25, 0.3) is 20.1 Å². The molecule has 0 amide bonds. The molecule has 0 fully saturated rings. The van der Waals surface area contributed by atoms with E-state index in [1.807, 2.05) is 0 Å². The third kappa shape index (κ3) is 15.6. The Kier molecular flexibility index (Phi) is 21.4. The van der Waals surface area contributed by atoms with E-state index in [1.54, 1.807) is 0 Å². The molecule has 6 heterocycles. The van der Waals surface area contributed by atoms with Crippen LogP contribution in [0.3, 0.4) is 0 Å². The van der Waals surface area contributed by atoms with E-state index >= 15 is 0 Å². The van der Waals surface area contributed by atoms with Crippen LogP contribution in [0.5, 0.6) is 23.0 Å². The van der Waals surface area contributed by atoms with Crippen molar-refractivity contribution in [1.82, 2.24) is 0 Å². The molecule has 142 heavy (non-hydrogen) atoms. The van der Waals surface area contributed by atoms with E-state index in [0.29, 0.717) is 0 Å². The predicted molar refractivity (Wildman–Crippen MR) is 608 cm³/mol. The molecule has 0 radical (unpaired) electrons. The standard InChI is InChI=1S/C130H124B3N7O2/c1-73-31-74(2)42-95(41-73)134(96-43-75(3)32-76(4)44-96)105-63-118-126-119(64-105)138(102-55-87(15)38-88(16)56-102)115-72-117-111(133-113-62-94(130(24,25)26)28-30-123(113)142-125-68-107(66-121(128(125)133)140(117)104-59-91(19)40-92(20)60-104)136(99-49-81(9)35-82(10)50-99)100-51-83(11)36-84(12)52-100)70-109(115)131(126)108-69-110-116(71-114(108)137(118)101-53-85(13)37-86(14)54-101)139(103-57-89(17)39-90(18)58-103)120-65-106(67-124-127(120)132(110)112-61-93(129(21,22)23)27-29-122(112)141-124)135(97-45-77(5)33-78(6)46-97)98-47-79(7)34-80(8)48-98/h27-72H,1-26H3. The lowest BCUT2D eigenvalue weighted by molar-refractivity contribution is 0.486. The number of anilines is 21.